The fourth-order valence-corrected chi connectivity index (χ4v) is 2.67. The predicted octanol–water partition coefficient (Wildman–Crippen LogP) is 2.31. The third-order valence-corrected chi connectivity index (χ3v) is 3.91. The predicted molar refractivity (Wildman–Crippen MR) is 82.7 cm³/mol. The van der Waals surface area contributed by atoms with Gasteiger partial charge in [-0.25, -0.2) is 0 Å². The molecule has 0 unspecified atom stereocenters. The van der Waals surface area contributed by atoms with Gasteiger partial charge in [0, 0.05) is 44.3 Å². The van der Waals surface area contributed by atoms with Crippen LogP contribution < -0.4 is 5.32 Å². The van der Waals surface area contributed by atoms with E-state index in [9.17, 15) is 0 Å². The summed E-state index contributed by atoms with van der Waals surface area (Å²) in [6.45, 7) is 14.4. The van der Waals surface area contributed by atoms with Crippen LogP contribution >= 0.6 is 0 Å². The Hall–Kier alpha value is -0.840. The van der Waals surface area contributed by atoms with Crippen LogP contribution in [-0.4, -0.2) is 48.6 Å². The van der Waals surface area contributed by atoms with Gasteiger partial charge in [-0.1, -0.05) is 20.8 Å². The minimum atomic E-state index is 0.510. The fourth-order valence-electron chi connectivity index (χ4n) is 2.67. The SMILES string of the molecule is CCCN1CCN(Cc2occc2CNC(C)C)CC1. The Morgan fingerprint density at radius 2 is 1.90 bits per heavy atom. The van der Waals surface area contributed by atoms with Gasteiger partial charge >= 0.3 is 0 Å². The van der Waals surface area contributed by atoms with Crippen molar-refractivity contribution in [3.05, 3.63) is 23.7 Å². The Bertz CT molecular complexity index is 381. The molecule has 4 nitrogen and oxygen atoms in total. The maximum atomic E-state index is 5.68. The Morgan fingerprint density at radius 3 is 2.55 bits per heavy atom. The average Bonchev–Trinajstić information content (AvgIpc) is 2.86. The van der Waals surface area contributed by atoms with Crippen molar-refractivity contribution in [2.24, 2.45) is 0 Å². The van der Waals surface area contributed by atoms with E-state index in [4.69, 9.17) is 4.42 Å². The van der Waals surface area contributed by atoms with Crippen molar-refractivity contribution in [2.45, 2.75) is 46.3 Å². The molecule has 0 aliphatic carbocycles. The summed E-state index contributed by atoms with van der Waals surface area (Å²) in [6, 6.07) is 2.60. The first kappa shape index (κ1) is 15.5. The largest absolute Gasteiger partial charge is 0.468 e. The molecule has 0 spiro atoms. The highest BCUT2D eigenvalue weighted by atomic mass is 16.3. The molecular formula is C16H29N3O. The first-order chi connectivity index (χ1) is 9.69. The standard InChI is InChI=1S/C16H29N3O/c1-4-6-18-7-9-19(10-8-18)13-16-15(5-11-20-16)12-17-14(2)3/h5,11,14,17H,4,6-10,12-13H2,1-3H3. The number of nitrogens with zero attached hydrogens (tertiary/aromatic N) is 2. The molecular weight excluding hydrogens is 250 g/mol. The van der Waals surface area contributed by atoms with Gasteiger partial charge in [0.2, 0.25) is 0 Å². The lowest BCUT2D eigenvalue weighted by Gasteiger charge is -2.34. The molecule has 1 fully saturated rings. The molecule has 1 saturated heterocycles. The molecule has 0 aromatic carbocycles. The number of rotatable bonds is 7. The number of hydrogen-bond donors (Lipinski definition) is 1. The van der Waals surface area contributed by atoms with Gasteiger partial charge in [-0.15, -0.1) is 0 Å². The summed E-state index contributed by atoms with van der Waals surface area (Å²) in [5.41, 5.74) is 1.30. The second-order valence-electron chi connectivity index (χ2n) is 6.02. The van der Waals surface area contributed by atoms with Crippen molar-refractivity contribution < 1.29 is 4.42 Å². The molecule has 0 bridgehead atoms. The molecule has 1 aliphatic heterocycles. The third-order valence-electron chi connectivity index (χ3n) is 3.91. The summed E-state index contributed by atoms with van der Waals surface area (Å²) in [5, 5.41) is 3.46. The number of nitrogens with one attached hydrogen (secondary N) is 1. The summed E-state index contributed by atoms with van der Waals surface area (Å²) < 4.78 is 5.68. The molecule has 0 saturated carbocycles. The van der Waals surface area contributed by atoms with Gasteiger partial charge in [0.25, 0.3) is 0 Å². The first-order valence-corrected chi connectivity index (χ1v) is 7.92. The lowest BCUT2D eigenvalue weighted by Crippen LogP contribution is -2.46. The van der Waals surface area contributed by atoms with Crippen molar-refractivity contribution in [1.29, 1.82) is 0 Å². The van der Waals surface area contributed by atoms with Gasteiger partial charge < -0.3 is 14.6 Å². The molecule has 2 rings (SSSR count). The molecule has 20 heavy (non-hydrogen) atoms. The molecule has 0 amide bonds. The Kier molecular flexibility index (Phi) is 6.07. The van der Waals surface area contributed by atoms with E-state index in [0.717, 1.165) is 31.9 Å². The Balaban J connectivity index is 1.81. The van der Waals surface area contributed by atoms with Crippen molar-refractivity contribution in [3.63, 3.8) is 0 Å². The van der Waals surface area contributed by atoms with E-state index in [1.807, 2.05) is 6.26 Å². The van der Waals surface area contributed by atoms with Crippen LogP contribution in [0.5, 0.6) is 0 Å². The second-order valence-corrected chi connectivity index (χ2v) is 6.02. The third kappa shape index (κ3) is 4.62. The van der Waals surface area contributed by atoms with E-state index in [2.05, 4.69) is 42.0 Å². The monoisotopic (exact) mass is 279 g/mol. The van der Waals surface area contributed by atoms with E-state index >= 15 is 0 Å². The number of piperazine rings is 1. The fraction of sp³-hybridized carbons (Fsp3) is 0.750. The van der Waals surface area contributed by atoms with Crippen LogP contribution in [0.15, 0.2) is 16.7 Å². The highest BCUT2D eigenvalue weighted by molar-refractivity contribution is 5.17. The Labute approximate surface area is 123 Å². The average molecular weight is 279 g/mol. The molecule has 1 aromatic heterocycles. The molecule has 1 aliphatic rings. The molecule has 0 atom stereocenters. The second kappa shape index (κ2) is 7.81. The van der Waals surface area contributed by atoms with Gasteiger partial charge in [-0.2, -0.15) is 0 Å². The van der Waals surface area contributed by atoms with Crippen molar-refractivity contribution in [1.82, 2.24) is 15.1 Å². The van der Waals surface area contributed by atoms with Gasteiger partial charge in [0.1, 0.15) is 5.76 Å². The van der Waals surface area contributed by atoms with Gasteiger partial charge in [0.15, 0.2) is 0 Å². The lowest BCUT2D eigenvalue weighted by molar-refractivity contribution is 0.120. The lowest BCUT2D eigenvalue weighted by atomic mass is 10.2. The maximum absolute atomic E-state index is 5.68. The van der Waals surface area contributed by atoms with Crippen LogP contribution in [0.4, 0.5) is 0 Å². The van der Waals surface area contributed by atoms with E-state index < -0.39 is 0 Å². The summed E-state index contributed by atoms with van der Waals surface area (Å²) in [7, 11) is 0. The zero-order valence-corrected chi connectivity index (χ0v) is 13.2. The van der Waals surface area contributed by atoms with E-state index in [1.165, 1.54) is 31.6 Å². The Morgan fingerprint density at radius 1 is 1.20 bits per heavy atom. The maximum Gasteiger partial charge on any atom is 0.122 e. The quantitative estimate of drug-likeness (QED) is 0.830. The number of hydrogen-bond acceptors (Lipinski definition) is 4. The van der Waals surface area contributed by atoms with Crippen LogP contribution in [0.2, 0.25) is 0 Å². The topological polar surface area (TPSA) is 31.6 Å². The van der Waals surface area contributed by atoms with Crippen LogP contribution in [-0.2, 0) is 13.1 Å². The molecule has 1 aromatic rings. The van der Waals surface area contributed by atoms with Crippen molar-refractivity contribution in [2.75, 3.05) is 32.7 Å². The highest BCUT2D eigenvalue weighted by Crippen LogP contribution is 2.15. The van der Waals surface area contributed by atoms with Gasteiger partial charge in [-0.3, -0.25) is 4.90 Å². The van der Waals surface area contributed by atoms with E-state index in [-0.39, 0.29) is 0 Å². The molecule has 4 heteroatoms. The highest BCUT2D eigenvalue weighted by Gasteiger charge is 2.18. The van der Waals surface area contributed by atoms with Gasteiger partial charge in [-0.05, 0) is 19.0 Å². The smallest absolute Gasteiger partial charge is 0.122 e. The summed E-state index contributed by atoms with van der Waals surface area (Å²) in [5.74, 6) is 1.13. The molecule has 114 valence electrons. The first-order valence-electron chi connectivity index (χ1n) is 7.92. The molecule has 0 radical (unpaired) electrons. The van der Waals surface area contributed by atoms with E-state index in [0.29, 0.717) is 6.04 Å². The van der Waals surface area contributed by atoms with Gasteiger partial charge in [0.05, 0.1) is 12.8 Å². The minimum absolute atomic E-state index is 0.510. The van der Waals surface area contributed by atoms with Crippen LogP contribution in [0.25, 0.3) is 0 Å². The number of furan rings is 1. The van der Waals surface area contributed by atoms with Crippen LogP contribution in [0.1, 0.15) is 38.5 Å². The van der Waals surface area contributed by atoms with Crippen molar-refractivity contribution >= 4 is 0 Å². The normalized spacial score (nSPS) is 18.0. The zero-order chi connectivity index (χ0) is 14.4. The summed E-state index contributed by atoms with van der Waals surface area (Å²) >= 11 is 0. The summed E-state index contributed by atoms with van der Waals surface area (Å²) in [4.78, 5) is 5.06. The van der Waals surface area contributed by atoms with Crippen LogP contribution in [0.3, 0.4) is 0 Å². The minimum Gasteiger partial charge on any atom is -0.468 e. The van der Waals surface area contributed by atoms with Crippen LogP contribution in [0, 0.1) is 0 Å². The molecule has 1 N–H and O–H groups in total. The van der Waals surface area contributed by atoms with Crippen molar-refractivity contribution in [3.8, 4) is 0 Å². The molecule has 2 heterocycles. The summed E-state index contributed by atoms with van der Waals surface area (Å²) in [6.07, 6.45) is 3.07. The zero-order valence-electron chi connectivity index (χ0n) is 13.2. The van der Waals surface area contributed by atoms with E-state index in [1.54, 1.807) is 0 Å².